The molecule has 0 aromatic carbocycles. The van der Waals surface area contributed by atoms with E-state index in [0.29, 0.717) is 6.61 Å². The monoisotopic (exact) mass is 257 g/mol. The quantitative estimate of drug-likeness (QED) is 0.506. The summed E-state index contributed by atoms with van der Waals surface area (Å²) < 4.78 is 5.06. The van der Waals surface area contributed by atoms with Crippen molar-refractivity contribution in [1.82, 2.24) is 4.90 Å². The number of unbranched alkanes of at least 4 members (excludes halogenated alkanes) is 9. The topological polar surface area (TPSA) is 29.5 Å². The van der Waals surface area contributed by atoms with Gasteiger partial charge >= 0.3 is 6.09 Å². The number of nitrogens with zero attached hydrogens (tertiary/aromatic N) is 1. The van der Waals surface area contributed by atoms with E-state index in [4.69, 9.17) is 4.74 Å². The fourth-order valence-electron chi connectivity index (χ4n) is 1.88. The molecule has 0 saturated carbocycles. The minimum atomic E-state index is -0.231. The van der Waals surface area contributed by atoms with Gasteiger partial charge in [0.2, 0.25) is 0 Å². The number of ether oxygens (including phenoxy) is 1. The van der Waals surface area contributed by atoms with Crippen molar-refractivity contribution in [2.24, 2.45) is 0 Å². The van der Waals surface area contributed by atoms with Crippen molar-refractivity contribution in [3.8, 4) is 0 Å². The van der Waals surface area contributed by atoms with Crippen LogP contribution in [-0.2, 0) is 4.74 Å². The van der Waals surface area contributed by atoms with Crippen LogP contribution in [0.4, 0.5) is 4.79 Å². The molecule has 3 heteroatoms. The maximum atomic E-state index is 11.1. The van der Waals surface area contributed by atoms with E-state index in [0.717, 1.165) is 6.42 Å². The summed E-state index contributed by atoms with van der Waals surface area (Å²) in [6.07, 6.45) is 12.8. The van der Waals surface area contributed by atoms with Gasteiger partial charge in [0.15, 0.2) is 0 Å². The molecule has 0 rings (SSSR count). The molecule has 0 unspecified atom stereocenters. The molecule has 1 amide bonds. The summed E-state index contributed by atoms with van der Waals surface area (Å²) in [5.41, 5.74) is 0. The van der Waals surface area contributed by atoms with Gasteiger partial charge in [-0.3, -0.25) is 0 Å². The maximum Gasteiger partial charge on any atom is 0.409 e. The Morgan fingerprint density at radius 1 is 0.833 bits per heavy atom. The zero-order valence-electron chi connectivity index (χ0n) is 12.5. The molecular weight excluding hydrogens is 226 g/mol. The zero-order chi connectivity index (χ0) is 13.6. The second kappa shape index (κ2) is 12.7. The van der Waals surface area contributed by atoms with Crippen LogP contribution in [0.25, 0.3) is 0 Å². The summed E-state index contributed by atoms with van der Waals surface area (Å²) in [7, 11) is 3.42. The molecule has 0 aliphatic rings. The molecule has 0 aromatic rings. The van der Waals surface area contributed by atoms with Crippen LogP contribution in [0.3, 0.4) is 0 Å². The summed E-state index contributed by atoms with van der Waals surface area (Å²) in [5.74, 6) is 0. The number of carbonyl (C=O) groups excluding carboxylic acids is 1. The summed E-state index contributed by atoms with van der Waals surface area (Å²) in [5, 5.41) is 0. The van der Waals surface area contributed by atoms with Crippen molar-refractivity contribution in [3.63, 3.8) is 0 Å². The SMILES string of the molecule is CCCCCCCCCCCCOC(=O)N(C)C. The van der Waals surface area contributed by atoms with Crippen molar-refractivity contribution < 1.29 is 9.53 Å². The third kappa shape index (κ3) is 11.7. The van der Waals surface area contributed by atoms with Gasteiger partial charge in [-0.2, -0.15) is 0 Å². The van der Waals surface area contributed by atoms with E-state index in [1.165, 1.54) is 62.7 Å². The lowest BCUT2D eigenvalue weighted by atomic mass is 10.1. The van der Waals surface area contributed by atoms with Crippen LogP contribution in [0, 0.1) is 0 Å². The average Bonchev–Trinajstić information content (AvgIpc) is 2.35. The second-order valence-corrected chi connectivity index (χ2v) is 5.19. The van der Waals surface area contributed by atoms with Crippen LogP contribution < -0.4 is 0 Å². The standard InChI is InChI=1S/C15H31NO2/c1-4-5-6-7-8-9-10-11-12-13-14-18-15(17)16(2)3/h4-14H2,1-3H3. The molecule has 3 nitrogen and oxygen atoms in total. The molecule has 0 bridgehead atoms. The smallest absolute Gasteiger partial charge is 0.409 e. The van der Waals surface area contributed by atoms with Crippen molar-refractivity contribution in [3.05, 3.63) is 0 Å². The highest BCUT2D eigenvalue weighted by Crippen LogP contribution is 2.10. The molecule has 0 radical (unpaired) electrons. The van der Waals surface area contributed by atoms with Gasteiger partial charge in [0.25, 0.3) is 0 Å². The first-order chi connectivity index (χ1) is 8.68. The van der Waals surface area contributed by atoms with Gasteiger partial charge in [0.1, 0.15) is 0 Å². The van der Waals surface area contributed by atoms with Gasteiger partial charge in [0, 0.05) is 14.1 Å². The van der Waals surface area contributed by atoms with E-state index >= 15 is 0 Å². The summed E-state index contributed by atoms with van der Waals surface area (Å²) in [6, 6.07) is 0. The first-order valence-corrected chi connectivity index (χ1v) is 7.52. The maximum absolute atomic E-state index is 11.1. The molecule has 0 N–H and O–H groups in total. The van der Waals surface area contributed by atoms with Gasteiger partial charge in [-0.05, 0) is 6.42 Å². The fraction of sp³-hybridized carbons (Fsp3) is 0.933. The molecular formula is C15H31NO2. The Labute approximate surface area is 113 Å². The Hall–Kier alpha value is -0.730. The first kappa shape index (κ1) is 17.3. The Morgan fingerprint density at radius 2 is 1.28 bits per heavy atom. The third-order valence-corrected chi connectivity index (χ3v) is 3.09. The number of hydrogen-bond acceptors (Lipinski definition) is 2. The van der Waals surface area contributed by atoms with Gasteiger partial charge < -0.3 is 9.64 Å². The van der Waals surface area contributed by atoms with E-state index in [9.17, 15) is 4.79 Å². The van der Waals surface area contributed by atoms with E-state index in [1.807, 2.05) is 0 Å². The van der Waals surface area contributed by atoms with Crippen molar-refractivity contribution in [1.29, 1.82) is 0 Å². The minimum Gasteiger partial charge on any atom is -0.449 e. The molecule has 0 aliphatic heterocycles. The number of amides is 1. The molecule has 0 heterocycles. The van der Waals surface area contributed by atoms with Crippen LogP contribution >= 0.6 is 0 Å². The number of hydrogen-bond donors (Lipinski definition) is 0. The highest BCUT2D eigenvalue weighted by molar-refractivity contribution is 5.66. The molecule has 0 aromatic heterocycles. The van der Waals surface area contributed by atoms with Crippen LogP contribution in [0.2, 0.25) is 0 Å². The molecule has 0 fully saturated rings. The lowest BCUT2D eigenvalue weighted by Crippen LogP contribution is -2.23. The number of rotatable bonds is 11. The predicted octanol–water partition coefficient (Wildman–Crippen LogP) is 4.61. The van der Waals surface area contributed by atoms with Crippen LogP contribution in [-0.4, -0.2) is 31.7 Å². The molecule has 18 heavy (non-hydrogen) atoms. The summed E-state index contributed by atoms with van der Waals surface area (Å²) >= 11 is 0. The number of carbonyl (C=O) groups is 1. The summed E-state index contributed by atoms with van der Waals surface area (Å²) in [6.45, 7) is 2.82. The van der Waals surface area contributed by atoms with Gasteiger partial charge in [-0.15, -0.1) is 0 Å². The molecule has 108 valence electrons. The largest absolute Gasteiger partial charge is 0.449 e. The highest BCUT2D eigenvalue weighted by atomic mass is 16.6. The summed E-state index contributed by atoms with van der Waals surface area (Å²) in [4.78, 5) is 12.6. The molecule has 0 saturated heterocycles. The van der Waals surface area contributed by atoms with Gasteiger partial charge in [-0.1, -0.05) is 64.7 Å². The minimum absolute atomic E-state index is 0.231. The molecule has 0 spiro atoms. The lowest BCUT2D eigenvalue weighted by Gasteiger charge is -2.10. The fourth-order valence-corrected chi connectivity index (χ4v) is 1.88. The van der Waals surface area contributed by atoms with Crippen molar-refractivity contribution in [2.75, 3.05) is 20.7 Å². The normalized spacial score (nSPS) is 10.4. The van der Waals surface area contributed by atoms with Crippen LogP contribution in [0.1, 0.15) is 71.1 Å². The average molecular weight is 257 g/mol. The Balaban J connectivity index is 3.05. The molecule has 0 atom stereocenters. The van der Waals surface area contributed by atoms with Crippen LogP contribution in [0.15, 0.2) is 0 Å². The molecule has 0 aliphatic carbocycles. The van der Waals surface area contributed by atoms with Crippen molar-refractivity contribution in [2.45, 2.75) is 71.1 Å². The second-order valence-electron chi connectivity index (χ2n) is 5.19. The van der Waals surface area contributed by atoms with Gasteiger partial charge in [-0.25, -0.2) is 4.79 Å². The van der Waals surface area contributed by atoms with Gasteiger partial charge in [0.05, 0.1) is 6.61 Å². The Bertz CT molecular complexity index is 193. The lowest BCUT2D eigenvalue weighted by molar-refractivity contribution is 0.116. The highest BCUT2D eigenvalue weighted by Gasteiger charge is 2.02. The van der Waals surface area contributed by atoms with E-state index in [-0.39, 0.29) is 6.09 Å². The van der Waals surface area contributed by atoms with E-state index in [1.54, 1.807) is 14.1 Å². The predicted molar refractivity (Wildman–Crippen MR) is 76.9 cm³/mol. The zero-order valence-corrected chi connectivity index (χ0v) is 12.5. The van der Waals surface area contributed by atoms with Crippen LogP contribution in [0.5, 0.6) is 0 Å². The van der Waals surface area contributed by atoms with E-state index in [2.05, 4.69) is 6.92 Å². The Morgan fingerprint density at radius 3 is 1.72 bits per heavy atom. The van der Waals surface area contributed by atoms with Crippen molar-refractivity contribution >= 4 is 6.09 Å². The third-order valence-electron chi connectivity index (χ3n) is 3.09. The van der Waals surface area contributed by atoms with E-state index < -0.39 is 0 Å². The first-order valence-electron chi connectivity index (χ1n) is 7.52. The Kier molecular flexibility index (Phi) is 12.2.